The summed E-state index contributed by atoms with van der Waals surface area (Å²) in [6.45, 7) is 2.09. The largest absolute Gasteiger partial charge is 0.497 e. The van der Waals surface area contributed by atoms with Gasteiger partial charge in [0.25, 0.3) is 0 Å². The number of aromatic nitrogens is 2. The van der Waals surface area contributed by atoms with E-state index in [0.29, 0.717) is 17.1 Å². The summed E-state index contributed by atoms with van der Waals surface area (Å²) in [5, 5.41) is 1.65. The van der Waals surface area contributed by atoms with Gasteiger partial charge in [0.2, 0.25) is 0 Å². The van der Waals surface area contributed by atoms with Gasteiger partial charge in [0, 0.05) is 16.5 Å². The number of rotatable bonds is 7. The van der Waals surface area contributed by atoms with Crippen LogP contribution in [0.1, 0.15) is 22.8 Å². The highest BCUT2D eigenvalue weighted by molar-refractivity contribution is 8.00. The molecule has 6 heteroatoms. The zero-order valence-electron chi connectivity index (χ0n) is 17.3. The number of carbonyl (C=O) groups is 1. The van der Waals surface area contributed by atoms with Crippen LogP contribution in [0.3, 0.4) is 0 Å². The lowest BCUT2D eigenvalue weighted by Gasteiger charge is -2.10. The monoisotopic (exact) mass is 432 g/mol. The molecule has 0 atom stereocenters. The first-order chi connectivity index (χ1) is 15.1. The predicted octanol–water partition coefficient (Wildman–Crippen LogP) is 5.98. The molecule has 0 aliphatic heterocycles. The average Bonchev–Trinajstić information content (AvgIpc) is 2.82. The summed E-state index contributed by atoms with van der Waals surface area (Å²) < 4.78 is 18.5. The lowest BCUT2D eigenvalue weighted by molar-refractivity contribution is 0.102. The number of Topliss-reactive ketones (excluding diaryl/α,β-unsaturated/α-hetero) is 1. The average molecular weight is 433 g/mol. The third-order valence-electron chi connectivity index (χ3n) is 4.99. The fraction of sp³-hybridized carbons (Fsp3) is 0.160. The Balaban J connectivity index is 1.68. The number of ether oxygens (including phenoxy) is 1. The highest BCUT2D eigenvalue weighted by Crippen LogP contribution is 2.30. The van der Waals surface area contributed by atoms with Crippen LogP contribution in [0.2, 0.25) is 0 Å². The van der Waals surface area contributed by atoms with E-state index in [9.17, 15) is 9.18 Å². The Hall–Kier alpha value is -3.25. The Kier molecular flexibility index (Phi) is 6.28. The topological polar surface area (TPSA) is 52.1 Å². The molecule has 4 aromatic rings. The molecule has 0 unspecified atom stereocenters. The van der Waals surface area contributed by atoms with Crippen LogP contribution in [-0.4, -0.2) is 28.6 Å². The fourth-order valence-corrected chi connectivity index (χ4v) is 4.10. The van der Waals surface area contributed by atoms with Crippen LogP contribution in [0.4, 0.5) is 4.39 Å². The van der Waals surface area contributed by atoms with Crippen molar-refractivity contribution in [1.29, 1.82) is 0 Å². The van der Waals surface area contributed by atoms with Crippen LogP contribution < -0.4 is 4.74 Å². The van der Waals surface area contributed by atoms with Gasteiger partial charge < -0.3 is 4.74 Å². The highest BCUT2D eigenvalue weighted by Gasteiger charge is 2.14. The SMILES string of the molecule is CCc1ccc2nc(-c3ccc(F)cc3)nc(SCC(=O)c3ccc(OC)cc3)c2c1. The first-order valence-corrected chi connectivity index (χ1v) is 10.9. The molecular formula is C25H21FN2O2S. The number of methoxy groups -OCH3 is 1. The molecular weight excluding hydrogens is 411 g/mol. The third-order valence-corrected chi connectivity index (χ3v) is 5.98. The van der Waals surface area contributed by atoms with E-state index >= 15 is 0 Å². The molecule has 0 bridgehead atoms. The lowest BCUT2D eigenvalue weighted by Crippen LogP contribution is -2.03. The van der Waals surface area contributed by atoms with Gasteiger partial charge in [0.05, 0.1) is 18.4 Å². The highest BCUT2D eigenvalue weighted by atomic mass is 32.2. The number of thioether (sulfide) groups is 1. The van der Waals surface area contributed by atoms with Gasteiger partial charge in [-0.05, 0) is 72.6 Å². The molecule has 0 spiro atoms. The summed E-state index contributed by atoms with van der Waals surface area (Å²) in [6, 6.07) is 19.3. The van der Waals surface area contributed by atoms with E-state index in [0.717, 1.165) is 27.9 Å². The number of benzene rings is 3. The van der Waals surface area contributed by atoms with E-state index < -0.39 is 0 Å². The minimum Gasteiger partial charge on any atom is -0.497 e. The molecule has 0 aliphatic rings. The summed E-state index contributed by atoms with van der Waals surface area (Å²) in [5.74, 6) is 1.17. The van der Waals surface area contributed by atoms with Gasteiger partial charge in [0.15, 0.2) is 11.6 Å². The second-order valence-electron chi connectivity index (χ2n) is 7.00. The minimum atomic E-state index is -0.309. The lowest BCUT2D eigenvalue weighted by atomic mass is 10.1. The third kappa shape index (κ3) is 4.75. The first kappa shape index (κ1) is 21.0. The molecule has 1 aromatic heterocycles. The molecule has 0 N–H and O–H groups in total. The van der Waals surface area contributed by atoms with Crippen LogP contribution in [0.15, 0.2) is 71.8 Å². The molecule has 156 valence electrons. The Morgan fingerprint density at radius 2 is 1.74 bits per heavy atom. The maximum atomic E-state index is 13.3. The quantitative estimate of drug-likeness (QED) is 0.204. The van der Waals surface area contributed by atoms with Crippen LogP contribution in [-0.2, 0) is 6.42 Å². The number of hydrogen-bond acceptors (Lipinski definition) is 5. The number of aryl methyl sites for hydroxylation is 1. The first-order valence-electron chi connectivity index (χ1n) is 9.94. The number of hydrogen-bond donors (Lipinski definition) is 0. The van der Waals surface area contributed by atoms with Gasteiger partial charge in [-0.3, -0.25) is 4.79 Å². The van der Waals surface area contributed by atoms with Crippen molar-refractivity contribution in [2.24, 2.45) is 0 Å². The maximum Gasteiger partial charge on any atom is 0.173 e. The molecule has 0 saturated heterocycles. The van der Waals surface area contributed by atoms with Crippen molar-refractivity contribution < 1.29 is 13.9 Å². The number of carbonyl (C=O) groups excluding carboxylic acids is 1. The second kappa shape index (κ2) is 9.27. The van der Waals surface area contributed by atoms with E-state index in [1.165, 1.54) is 29.5 Å². The molecule has 4 nitrogen and oxygen atoms in total. The van der Waals surface area contributed by atoms with Gasteiger partial charge >= 0.3 is 0 Å². The van der Waals surface area contributed by atoms with Gasteiger partial charge in [0.1, 0.15) is 16.6 Å². The smallest absolute Gasteiger partial charge is 0.173 e. The van der Waals surface area contributed by atoms with E-state index in [-0.39, 0.29) is 17.4 Å². The summed E-state index contributed by atoms with van der Waals surface area (Å²) in [7, 11) is 1.59. The van der Waals surface area contributed by atoms with Gasteiger partial charge in [-0.1, -0.05) is 24.8 Å². The van der Waals surface area contributed by atoms with Crippen LogP contribution >= 0.6 is 11.8 Å². The minimum absolute atomic E-state index is 0.00870. The number of nitrogens with zero attached hydrogens (tertiary/aromatic N) is 2. The normalized spacial score (nSPS) is 10.9. The van der Waals surface area contributed by atoms with Crippen molar-refractivity contribution in [3.63, 3.8) is 0 Å². The van der Waals surface area contributed by atoms with Crippen LogP contribution in [0.25, 0.3) is 22.3 Å². The molecule has 1 heterocycles. The zero-order valence-corrected chi connectivity index (χ0v) is 18.1. The van der Waals surface area contributed by atoms with Crippen molar-refractivity contribution in [2.45, 2.75) is 18.4 Å². The van der Waals surface area contributed by atoms with Crippen molar-refractivity contribution in [2.75, 3.05) is 12.9 Å². The maximum absolute atomic E-state index is 13.3. The molecule has 4 rings (SSSR count). The Morgan fingerprint density at radius 3 is 2.42 bits per heavy atom. The Bertz CT molecular complexity index is 1220. The number of ketones is 1. The number of halogens is 1. The summed E-state index contributed by atoms with van der Waals surface area (Å²) in [5.41, 5.74) is 3.32. The van der Waals surface area contributed by atoms with E-state index in [4.69, 9.17) is 9.72 Å². The second-order valence-corrected chi connectivity index (χ2v) is 7.97. The molecule has 0 saturated carbocycles. The Morgan fingerprint density at radius 1 is 1.00 bits per heavy atom. The molecule has 31 heavy (non-hydrogen) atoms. The zero-order chi connectivity index (χ0) is 21.8. The fourth-order valence-electron chi connectivity index (χ4n) is 3.20. The van der Waals surface area contributed by atoms with Crippen molar-refractivity contribution >= 4 is 28.4 Å². The van der Waals surface area contributed by atoms with E-state index in [1.54, 1.807) is 43.5 Å². The van der Waals surface area contributed by atoms with Crippen LogP contribution in [0, 0.1) is 5.82 Å². The van der Waals surface area contributed by atoms with Gasteiger partial charge in [-0.25, -0.2) is 14.4 Å². The van der Waals surface area contributed by atoms with Crippen molar-refractivity contribution in [3.8, 4) is 17.1 Å². The van der Waals surface area contributed by atoms with Crippen molar-refractivity contribution in [3.05, 3.63) is 83.7 Å². The van der Waals surface area contributed by atoms with Crippen LogP contribution in [0.5, 0.6) is 5.75 Å². The molecule has 0 amide bonds. The van der Waals surface area contributed by atoms with Gasteiger partial charge in [-0.2, -0.15) is 0 Å². The predicted molar refractivity (Wildman–Crippen MR) is 122 cm³/mol. The number of fused-ring (bicyclic) bond motifs is 1. The standard InChI is InChI=1S/C25H21FN2O2S/c1-3-16-4-13-22-21(14-16)25(28-24(27-22)18-5-9-19(26)10-6-18)31-15-23(29)17-7-11-20(30-2)12-8-17/h4-14H,3,15H2,1-2H3. The Labute approximate surface area is 184 Å². The molecule has 0 radical (unpaired) electrons. The molecule has 0 fully saturated rings. The van der Waals surface area contributed by atoms with Gasteiger partial charge in [-0.15, -0.1) is 0 Å². The van der Waals surface area contributed by atoms with E-state index in [2.05, 4.69) is 18.0 Å². The van der Waals surface area contributed by atoms with E-state index in [1.807, 2.05) is 12.1 Å². The van der Waals surface area contributed by atoms with Crippen molar-refractivity contribution in [1.82, 2.24) is 9.97 Å². The summed E-state index contributed by atoms with van der Waals surface area (Å²) in [4.78, 5) is 22.1. The summed E-state index contributed by atoms with van der Waals surface area (Å²) in [6.07, 6.45) is 0.893. The summed E-state index contributed by atoms with van der Waals surface area (Å²) >= 11 is 1.39. The molecule has 0 aliphatic carbocycles. The molecule has 3 aromatic carbocycles.